The molecule has 3 aromatic carbocycles. The summed E-state index contributed by atoms with van der Waals surface area (Å²) in [6.45, 7) is 3.84. The van der Waals surface area contributed by atoms with E-state index in [1.165, 1.54) is 12.9 Å². The Kier molecular flexibility index (Phi) is 10.6. The van der Waals surface area contributed by atoms with Gasteiger partial charge in [0.15, 0.2) is 11.5 Å². The first-order chi connectivity index (χ1) is 25.1. The molecule has 0 unspecified atom stereocenters. The highest BCUT2D eigenvalue weighted by atomic mass is 35.5. The van der Waals surface area contributed by atoms with Crippen molar-refractivity contribution in [3.63, 3.8) is 0 Å². The molecule has 7 rings (SSSR count). The van der Waals surface area contributed by atoms with Crippen LogP contribution in [0.25, 0.3) is 0 Å². The summed E-state index contributed by atoms with van der Waals surface area (Å²) in [6.07, 6.45) is 0.802. The molecule has 0 radical (unpaired) electrons. The lowest BCUT2D eigenvalue weighted by molar-refractivity contribution is -0.916. The fourth-order valence-corrected chi connectivity index (χ4v) is 9.46. The van der Waals surface area contributed by atoms with Crippen molar-refractivity contribution < 1.29 is 42.5 Å². The molecule has 2 amide bonds. The zero-order valence-electron chi connectivity index (χ0n) is 29.1. The van der Waals surface area contributed by atoms with Gasteiger partial charge in [-0.25, -0.2) is 4.79 Å². The van der Waals surface area contributed by atoms with Gasteiger partial charge in [0.1, 0.15) is 47.7 Å². The molecule has 0 saturated carbocycles. The van der Waals surface area contributed by atoms with E-state index in [0.29, 0.717) is 48.1 Å². The molecule has 0 aliphatic carbocycles. The highest BCUT2D eigenvalue weighted by Crippen LogP contribution is 2.45. The Balaban J connectivity index is 1.10. The van der Waals surface area contributed by atoms with Gasteiger partial charge in [-0.1, -0.05) is 35.9 Å². The third-order valence-electron chi connectivity index (χ3n) is 10.3. The average Bonchev–Trinajstić information content (AvgIpc) is 3.50. The number of quaternary nitrogens is 1. The Hall–Kier alpha value is -4.04. The summed E-state index contributed by atoms with van der Waals surface area (Å²) in [5.41, 5.74) is 3.37. The Morgan fingerprint density at radius 3 is 2.23 bits per heavy atom. The topological polar surface area (TPSA) is 104 Å². The van der Waals surface area contributed by atoms with E-state index in [1.54, 1.807) is 38.1 Å². The Labute approximate surface area is 317 Å². The highest BCUT2D eigenvalue weighted by molar-refractivity contribution is 8.00. The van der Waals surface area contributed by atoms with Crippen LogP contribution in [0.4, 0.5) is 0 Å². The van der Waals surface area contributed by atoms with E-state index in [0.717, 1.165) is 52.2 Å². The summed E-state index contributed by atoms with van der Waals surface area (Å²) < 4.78 is 28.9. The van der Waals surface area contributed by atoms with Crippen LogP contribution in [-0.4, -0.2) is 110 Å². The third kappa shape index (κ3) is 6.91. The van der Waals surface area contributed by atoms with Crippen LogP contribution in [0.2, 0.25) is 5.02 Å². The van der Waals surface area contributed by atoms with Gasteiger partial charge in [-0.2, -0.15) is 0 Å². The number of rotatable bonds is 12. The lowest BCUT2D eigenvalue weighted by Crippen LogP contribution is -2.64. The molecule has 2 bridgehead atoms. The maximum atomic E-state index is 14.3. The summed E-state index contributed by atoms with van der Waals surface area (Å²) in [5, 5.41) is -0.714. The number of carbonyl (C=O) groups excluding carboxylic acids is 3. The van der Waals surface area contributed by atoms with E-state index in [-0.39, 0.29) is 41.5 Å². The van der Waals surface area contributed by atoms with Gasteiger partial charge in [0.2, 0.25) is 5.91 Å². The van der Waals surface area contributed by atoms with Gasteiger partial charge in [-0.3, -0.25) is 14.5 Å². The molecule has 3 saturated heterocycles. The minimum atomic E-state index is -0.640. The van der Waals surface area contributed by atoms with Crippen molar-refractivity contribution in [3.05, 3.63) is 93.6 Å². The number of thioether (sulfide) groups is 1. The van der Waals surface area contributed by atoms with Crippen LogP contribution in [0.5, 0.6) is 23.0 Å². The number of hydrogen-bond donors (Lipinski definition) is 0. The van der Waals surface area contributed by atoms with Crippen LogP contribution in [0, 0.1) is 0 Å². The number of hydrogen-bond acceptors (Lipinski definition) is 9. The number of ether oxygens (including phenoxy) is 4. The molecule has 4 aliphatic rings. The molecule has 272 valence electrons. The molecule has 0 spiro atoms. The monoisotopic (exact) mass is 766 g/mol. The molecule has 3 fully saturated rings. The first-order valence-electron chi connectivity index (χ1n) is 17.0. The molecule has 52 heavy (non-hydrogen) atoms. The van der Waals surface area contributed by atoms with Crippen LogP contribution in [0.3, 0.4) is 0 Å². The zero-order chi connectivity index (χ0) is 36.6. The van der Waals surface area contributed by atoms with Crippen molar-refractivity contribution in [1.29, 1.82) is 0 Å². The number of β-lactam (4-membered cyclic amide) rings is 1. The number of methoxy groups -OCH3 is 2. The second-order valence-corrected chi connectivity index (χ2v) is 15.3. The first-order valence-corrected chi connectivity index (χ1v) is 18.9. The van der Waals surface area contributed by atoms with Crippen LogP contribution in [0.15, 0.2) is 71.9 Å². The van der Waals surface area contributed by atoms with Crippen molar-refractivity contribution in [2.75, 3.05) is 52.7 Å². The van der Waals surface area contributed by atoms with Crippen molar-refractivity contribution in [3.8, 4) is 23.0 Å². The van der Waals surface area contributed by atoms with E-state index in [1.807, 2.05) is 53.4 Å². The van der Waals surface area contributed by atoms with Gasteiger partial charge in [-0.05, 0) is 47.5 Å². The normalized spacial score (nSPS) is 23.5. The predicted molar refractivity (Wildman–Crippen MR) is 200 cm³/mol. The first kappa shape index (κ1) is 36.3. The molecule has 3 aromatic rings. The second-order valence-electron chi connectivity index (χ2n) is 13.4. The van der Waals surface area contributed by atoms with Gasteiger partial charge >= 0.3 is 14.0 Å². The Morgan fingerprint density at radius 2 is 1.60 bits per heavy atom. The molecular formula is C37H39BCl2N3O8S+. The van der Waals surface area contributed by atoms with Crippen LogP contribution < -0.4 is 18.9 Å². The fourth-order valence-electron chi connectivity index (χ4n) is 7.48. The number of benzene rings is 3. The van der Waals surface area contributed by atoms with E-state index in [9.17, 15) is 14.4 Å². The van der Waals surface area contributed by atoms with Crippen molar-refractivity contribution in [2.24, 2.45) is 0 Å². The lowest BCUT2D eigenvalue weighted by atomic mass is 10.0. The number of halogens is 2. The largest absolute Gasteiger partial charge is 0.539 e. The number of amides is 2. The summed E-state index contributed by atoms with van der Waals surface area (Å²) in [4.78, 5) is 43.2. The predicted octanol–water partition coefficient (Wildman–Crippen LogP) is 4.43. The van der Waals surface area contributed by atoms with Crippen molar-refractivity contribution in [1.82, 2.24) is 9.80 Å². The highest BCUT2D eigenvalue weighted by Gasteiger charge is 2.55. The molecule has 0 N–H and O–H groups in total. The third-order valence-corrected chi connectivity index (χ3v) is 12.6. The Morgan fingerprint density at radius 1 is 0.942 bits per heavy atom. The SMILES string of the molecule is BOC(=O)C1=C(C[N@@+]23CC[C@@H](C2)N(C(=O)c2ccc(OCc4ccc(OC)cc4)c(OCc4ccc(OC)cc4)c2Cl)CC3)CS[C@@H]2[C@H](Cl)C(=O)N12. The number of alkyl halides is 1. The van der Waals surface area contributed by atoms with Gasteiger partial charge in [0, 0.05) is 17.7 Å². The molecular weight excluding hydrogens is 728 g/mol. The molecule has 15 heteroatoms. The van der Waals surface area contributed by atoms with Crippen molar-refractivity contribution >= 4 is 60.8 Å². The number of piperazine rings is 1. The van der Waals surface area contributed by atoms with Crippen LogP contribution in [0.1, 0.15) is 27.9 Å². The summed E-state index contributed by atoms with van der Waals surface area (Å²) in [5.74, 6) is 1.83. The van der Waals surface area contributed by atoms with E-state index in [2.05, 4.69) is 0 Å². The number of fused-ring (bicyclic) bond motifs is 3. The van der Waals surface area contributed by atoms with Crippen LogP contribution in [-0.2, 0) is 27.5 Å². The zero-order valence-corrected chi connectivity index (χ0v) is 31.5. The smallest absolute Gasteiger partial charge is 0.337 e. The van der Waals surface area contributed by atoms with Gasteiger partial charge < -0.3 is 33.0 Å². The molecule has 4 heterocycles. The van der Waals surface area contributed by atoms with Crippen LogP contribution >= 0.6 is 35.0 Å². The number of carbonyl (C=O) groups is 3. The van der Waals surface area contributed by atoms with E-state index >= 15 is 0 Å². The molecule has 11 nitrogen and oxygen atoms in total. The lowest BCUT2D eigenvalue weighted by Gasteiger charge is -2.49. The van der Waals surface area contributed by atoms with Crippen molar-refractivity contribution in [2.45, 2.75) is 36.4 Å². The summed E-state index contributed by atoms with van der Waals surface area (Å²) in [7, 11) is 4.56. The summed E-state index contributed by atoms with van der Waals surface area (Å²) in [6, 6.07) is 18.5. The average molecular weight is 768 g/mol. The minimum absolute atomic E-state index is 0.0176. The maximum absolute atomic E-state index is 14.3. The molecule has 4 aliphatic heterocycles. The van der Waals surface area contributed by atoms with Gasteiger partial charge in [0.25, 0.3) is 5.91 Å². The standard InChI is InChI=1S/C37H39BCl2N3O8S/c1-47-26-7-3-22(4-8-26)19-49-29-12-11-28(30(39)33(29)50-20-23-5-9-27(48-2)10-6-23)34(44)41-14-16-43(15-13-25(41)18-43)17-24-21-52-36-31(40)35(45)42(36)32(24)37(46)51-38/h3-12,25,31,36H,13-21,38H2,1-2H3/q+1/t25-,31+,36+,43-/m0/s1. The second kappa shape index (κ2) is 15.1. The fraction of sp³-hybridized carbons (Fsp3) is 0.378. The molecule has 0 aromatic heterocycles. The van der Waals surface area contributed by atoms with E-state index < -0.39 is 11.3 Å². The maximum Gasteiger partial charge on any atom is 0.337 e. The summed E-state index contributed by atoms with van der Waals surface area (Å²) >= 11 is 14.9. The quantitative estimate of drug-likeness (QED) is 0.115. The van der Waals surface area contributed by atoms with Gasteiger partial charge in [0.05, 0.1) is 57.0 Å². The Bertz CT molecular complexity index is 1900. The van der Waals surface area contributed by atoms with E-state index in [4.69, 9.17) is 46.8 Å². The minimum Gasteiger partial charge on any atom is -0.539 e. The molecule has 4 atom stereocenters. The number of nitrogens with zero attached hydrogens (tertiary/aromatic N) is 3. The van der Waals surface area contributed by atoms with Gasteiger partial charge in [-0.15, -0.1) is 23.4 Å².